The van der Waals surface area contributed by atoms with E-state index in [4.69, 9.17) is 4.98 Å². The van der Waals surface area contributed by atoms with Crippen molar-refractivity contribution in [2.24, 2.45) is 0 Å². The van der Waals surface area contributed by atoms with Gasteiger partial charge in [0, 0.05) is 23.4 Å². The number of hydrogen-bond acceptors (Lipinski definition) is 4. The zero-order valence-corrected chi connectivity index (χ0v) is 35.0. The molecule has 0 saturated carbocycles. The third-order valence-electron chi connectivity index (χ3n) is 11.0. The summed E-state index contributed by atoms with van der Waals surface area (Å²) in [7, 11) is 0. The standard InChI is InChI=1S/C50H45N5.Pt/c1-33(2)41-19-7-8-20-42(41)37-27-28-51-49(29-37)55-45-22-10-9-21-43(45)44-26-25-40(31-48(44)55)54(50-35(5)15-13-16-36(50)6)39-18-14-17-38(30-39)53-32-52(34(3)4)46-23-11-12-24-47(46)53;/h7-29,33-34H,32H2,1-6H3;/q-2;+2. The van der Waals surface area contributed by atoms with Gasteiger partial charge in [0.05, 0.1) is 18.0 Å². The van der Waals surface area contributed by atoms with Crippen molar-refractivity contribution >= 4 is 55.9 Å². The molecule has 0 spiro atoms. The van der Waals surface area contributed by atoms with E-state index in [0.29, 0.717) is 12.0 Å². The van der Waals surface area contributed by atoms with E-state index in [0.717, 1.165) is 57.2 Å². The van der Waals surface area contributed by atoms with Crippen molar-refractivity contribution in [2.45, 2.75) is 53.5 Å². The number of benzene rings is 6. The number of anilines is 6. The van der Waals surface area contributed by atoms with Crippen LogP contribution in [0.5, 0.6) is 0 Å². The van der Waals surface area contributed by atoms with Crippen molar-refractivity contribution in [2.75, 3.05) is 21.4 Å². The maximum atomic E-state index is 5.01. The Labute approximate surface area is 345 Å². The van der Waals surface area contributed by atoms with E-state index in [1.165, 1.54) is 39.0 Å². The number of rotatable bonds is 8. The smallest absolute Gasteiger partial charge is 0.358 e. The topological polar surface area (TPSA) is 27.5 Å². The number of hydrogen-bond donors (Lipinski definition) is 0. The van der Waals surface area contributed by atoms with Crippen LogP contribution in [0.4, 0.5) is 34.1 Å². The van der Waals surface area contributed by atoms with Crippen molar-refractivity contribution in [3.8, 4) is 16.9 Å². The van der Waals surface area contributed by atoms with Crippen LogP contribution in [-0.2, 0) is 21.1 Å². The Morgan fingerprint density at radius 2 is 1.36 bits per heavy atom. The van der Waals surface area contributed by atoms with Gasteiger partial charge in [0.15, 0.2) is 0 Å². The second-order valence-corrected chi connectivity index (χ2v) is 15.2. The molecule has 56 heavy (non-hydrogen) atoms. The Morgan fingerprint density at radius 1 is 0.661 bits per heavy atom. The van der Waals surface area contributed by atoms with Gasteiger partial charge in [0.1, 0.15) is 5.82 Å². The summed E-state index contributed by atoms with van der Waals surface area (Å²) >= 11 is 0. The van der Waals surface area contributed by atoms with E-state index in [9.17, 15) is 0 Å². The molecule has 0 N–H and O–H groups in total. The Bertz CT molecular complexity index is 2690. The summed E-state index contributed by atoms with van der Waals surface area (Å²) in [5, 5.41) is 2.31. The van der Waals surface area contributed by atoms with Gasteiger partial charge in [-0.25, -0.2) is 4.98 Å². The average Bonchev–Trinajstić information content (AvgIpc) is 3.76. The number of pyridine rings is 1. The fourth-order valence-electron chi connectivity index (χ4n) is 8.37. The SMILES string of the molecule is Cc1cccc(C)c1N(c1[c-]c(N2CN(C(C)C)c3ccccc32)ccc1)c1[c-]c2c(cc1)c1ccccc1n2-c1cc(-c2ccccc2C(C)C)ccn1.[Pt+2]. The Morgan fingerprint density at radius 3 is 2.14 bits per heavy atom. The summed E-state index contributed by atoms with van der Waals surface area (Å²) in [5.41, 5.74) is 14.7. The van der Waals surface area contributed by atoms with Gasteiger partial charge < -0.3 is 19.3 Å². The summed E-state index contributed by atoms with van der Waals surface area (Å²) in [5.74, 6) is 1.27. The average molecular weight is 911 g/mol. The molecule has 280 valence electrons. The van der Waals surface area contributed by atoms with Crippen molar-refractivity contribution < 1.29 is 21.1 Å². The van der Waals surface area contributed by atoms with Crippen molar-refractivity contribution in [1.29, 1.82) is 0 Å². The third-order valence-corrected chi connectivity index (χ3v) is 11.0. The molecule has 1 aliphatic rings. The molecule has 0 unspecified atom stereocenters. The number of para-hydroxylation sites is 4. The molecular weight excluding hydrogens is 866 g/mol. The van der Waals surface area contributed by atoms with Crippen LogP contribution in [0.15, 0.2) is 140 Å². The monoisotopic (exact) mass is 910 g/mol. The van der Waals surface area contributed by atoms with E-state index < -0.39 is 0 Å². The van der Waals surface area contributed by atoms with Crippen LogP contribution in [0.2, 0.25) is 0 Å². The molecule has 0 radical (unpaired) electrons. The van der Waals surface area contributed by atoms with E-state index in [2.05, 4.69) is 206 Å². The van der Waals surface area contributed by atoms with Crippen LogP contribution < -0.4 is 14.7 Å². The van der Waals surface area contributed by atoms with Crippen molar-refractivity contribution in [3.63, 3.8) is 0 Å². The summed E-state index contributed by atoms with van der Waals surface area (Å²) in [4.78, 5) is 12.2. The van der Waals surface area contributed by atoms with Crippen LogP contribution in [0.1, 0.15) is 50.3 Å². The van der Waals surface area contributed by atoms with Crippen molar-refractivity contribution in [3.05, 3.63) is 168 Å². The number of aryl methyl sites for hydroxylation is 2. The van der Waals surface area contributed by atoms with Gasteiger partial charge in [-0.05, 0) is 97.1 Å². The molecule has 9 rings (SSSR count). The van der Waals surface area contributed by atoms with Gasteiger partial charge >= 0.3 is 21.1 Å². The zero-order valence-electron chi connectivity index (χ0n) is 32.7. The van der Waals surface area contributed by atoms with Gasteiger partial charge in [0.25, 0.3) is 0 Å². The first kappa shape index (κ1) is 37.3. The minimum absolute atomic E-state index is 0. The largest absolute Gasteiger partial charge is 2.00 e. The molecule has 2 aromatic heterocycles. The predicted molar refractivity (Wildman–Crippen MR) is 231 cm³/mol. The molecule has 8 aromatic rings. The zero-order chi connectivity index (χ0) is 37.8. The summed E-state index contributed by atoms with van der Waals surface area (Å²) in [6.45, 7) is 14.2. The normalized spacial score (nSPS) is 12.5. The molecule has 1 aliphatic heterocycles. The number of aromatic nitrogens is 2. The Hall–Kier alpha value is -5.64. The fourth-order valence-corrected chi connectivity index (χ4v) is 8.37. The number of fused-ring (bicyclic) bond motifs is 4. The molecule has 0 saturated heterocycles. The maximum absolute atomic E-state index is 5.01. The second kappa shape index (κ2) is 15.1. The van der Waals surface area contributed by atoms with Gasteiger partial charge in [0.2, 0.25) is 0 Å². The van der Waals surface area contributed by atoms with E-state index in [1.807, 2.05) is 6.20 Å². The molecule has 0 amide bonds. The first-order valence-corrected chi connectivity index (χ1v) is 19.3. The van der Waals surface area contributed by atoms with Crippen LogP contribution in [0.3, 0.4) is 0 Å². The van der Waals surface area contributed by atoms with Gasteiger partial charge in [-0.15, -0.1) is 35.7 Å². The first-order chi connectivity index (χ1) is 26.8. The first-order valence-electron chi connectivity index (χ1n) is 19.3. The van der Waals surface area contributed by atoms with Crippen LogP contribution >= 0.6 is 0 Å². The van der Waals surface area contributed by atoms with Gasteiger partial charge in [-0.3, -0.25) is 0 Å². The molecule has 0 fully saturated rings. The second-order valence-electron chi connectivity index (χ2n) is 15.2. The maximum Gasteiger partial charge on any atom is 2.00 e. The molecule has 3 heterocycles. The molecule has 0 aliphatic carbocycles. The molecule has 6 heteroatoms. The van der Waals surface area contributed by atoms with Gasteiger partial charge in [-0.1, -0.05) is 109 Å². The van der Waals surface area contributed by atoms with E-state index in [1.54, 1.807) is 0 Å². The van der Waals surface area contributed by atoms with E-state index >= 15 is 0 Å². The quantitative estimate of drug-likeness (QED) is 0.142. The Balaban J connectivity index is 0.00000441. The summed E-state index contributed by atoms with van der Waals surface area (Å²) in [6.07, 6.45) is 1.94. The molecule has 0 atom stereocenters. The minimum atomic E-state index is 0. The number of nitrogens with zero attached hydrogens (tertiary/aromatic N) is 5. The third kappa shape index (κ3) is 6.38. The predicted octanol–water partition coefficient (Wildman–Crippen LogP) is 13.0. The minimum Gasteiger partial charge on any atom is -0.358 e. The molecule has 5 nitrogen and oxygen atoms in total. The van der Waals surface area contributed by atoms with Crippen LogP contribution in [0.25, 0.3) is 38.8 Å². The van der Waals surface area contributed by atoms with Crippen molar-refractivity contribution in [1.82, 2.24) is 9.55 Å². The van der Waals surface area contributed by atoms with Crippen LogP contribution in [-0.4, -0.2) is 22.3 Å². The van der Waals surface area contributed by atoms with Gasteiger partial charge in [-0.2, -0.15) is 12.1 Å². The van der Waals surface area contributed by atoms with E-state index in [-0.39, 0.29) is 21.1 Å². The molecular formula is C50H45N5Pt. The van der Waals surface area contributed by atoms with Crippen LogP contribution in [0, 0.1) is 26.0 Å². The molecule has 6 aromatic carbocycles. The Kier molecular flexibility index (Phi) is 10.1. The summed E-state index contributed by atoms with van der Waals surface area (Å²) in [6, 6.07) is 56.0. The molecule has 0 bridgehead atoms. The fraction of sp³-hybridized carbons (Fsp3) is 0.180. The summed E-state index contributed by atoms with van der Waals surface area (Å²) < 4.78 is 2.28.